The fourth-order valence-corrected chi connectivity index (χ4v) is 1.80. The number of hydrogen-bond donors (Lipinski definition) is 2. The van der Waals surface area contributed by atoms with Crippen molar-refractivity contribution in [1.82, 2.24) is 4.90 Å². The Morgan fingerprint density at radius 2 is 1.94 bits per heavy atom. The number of fused-ring (bicyclic) bond motifs is 1. The lowest BCUT2D eigenvalue weighted by atomic mass is 10.1. The molecule has 1 aliphatic heterocycles. The number of nitrogens with zero attached hydrogens (tertiary/aromatic N) is 1. The number of aliphatic hydroxyl groups excluding tert-OH is 2. The molecule has 1 amide bonds. The summed E-state index contributed by atoms with van der Waals surface area (Å²) in [4.78, 5) is 13.3. The van der Waals surface area contributed by atoms with Crippen molar-refractivity contribution >= 4 is 11.6 Å². The molecular weight excluding hydrogens is 206 g/mol. The molecule has 0 fully saturated rings. The average Bonchev–Trinajstić information content (AvgIpc) is 2.55. The van der Waals surface area contributed by atoms with Gasteiger partial charge in [0.05, 0.1) is 19.3 Å². The maximum atomic E-state index is 11.9. The fraction of sp³-hybridized carbons (Fsp3) is 0.250. The molecule has 84 valence electrons. The van der Waals surface area contributed by atoms with Crippen LogP contribution in [0, 0.1) is 0 Å². The summed E-state index contributed by atoms with van der Waals surface area (Å²) < 4.78 is 0. The van der Waals surface area contributed by atoms with Crippen molar-refractivity contribution in [3.8, 4) is 0 Å². The van der Waals surface area contributed by atoms with Crippen LogP contribution in [-0.2, 0) is 0 Å². The predicted octanol–water partition coefficient (Wildman–Crippen LogP) is 0.466. The lowest BCUT2D eigenvalue weighted by Gasteiger charge is -2.19. The van der Waals surface area contributed by atoms with E-state index in [0.717, 1.165) is 5.56 Å². The molecule has 1 aromatic rings. The van der Waals surface area contributed by atoms with Crippen LogP contribution in [0.5, 0.6) is 0 Å². The molecule has 1 heterocycles. The molecule has 4 heteroatoms. The van der Waals surface area contributed by atoms with Crippen LogP contribution in [0.1, 0.15) is 15.9 Å². The van der Waals surface area contributed by atoms with Gasteiger partial charge in [0.2, 0.25) is 0 Å². The van der Waals surface area contributed by atoms with Gasteiger partial charge in [0.15, 0.2) is 0 Å². The van der Waals surface area contributed by atoms with E-state index in [0.29, 0.717) is 11.3 Å². The Kier molecular flexibility index (Phi) is 2.77. The summed E-state index contributed by atoms with van der Waals surface area (Å²) in [6, 6.07) is 7.17. The van der Waals surface area contributed by atoms with Crippen molar-refractivity contribution < 1.29 is 15.0 Å². The van der Waals surface area contributed by atoms with Gasteiger partial charge in [-0.25, -0.2) is 0 Å². The lowest BCUT2D eigenvalue weighted by molar-refractivity contribution is 0.0603. The average molecular weight is 219 g/mol. The topological polar surface area (TPSA) is 60.8 Å². The lowest BCUT2D eigenvalue weighted by Crippen LogP contribution is -2.33. The summed E-state index contributed by atoms with van der Waals surface area (Å²) in [6.45, 7) is 3.53. The van der Waals surface area contributed by atoms with E-state index in [1.165, 1.54) is 4.90 Å². The molecule has 0 bridgehead atoms. The Morgan fingerprint density at radius 3 is 2.50 bits per heavy atom. The van der Waals surface area contributed by atoms with Gasteiger partial charge in [-0.05, 0) is 6.07 Å². The van der Waals surface area contributed by atoms with Gasteiger partial charge >= 0.3 is 0 Å². The van der Waals surface area contributed by atoms with E-state index in [-0.39, 0.29) is 19.1 Å². The van der Waals surface area contributed by atoms with Gasteiger partial charge in [0.1, 0.15) is 0 Å². The number of rotatable bonds is 3. The van der Waals surface area contributed by atoms with Crippen molar-refractivity contribution in [2.24, 2.45) is 0 Å². The zero-order chi connectivity index (χ0) is 11.7. The number of hydrogen-bond acceptors (Lipinski definition) is 3. The van der Waals surface area contributed by atoms with Crippen LogP contribution in [-0.4, -0.2) is 40.3 Å². The standard InChI is InChI=1S/C12H13NO3/c1-8-10-4-2-3-5-11(10)12(16)13(8)6-9(15)7-14/h2-5,9,14-15H,1,6-7H2. The highest BCUT2D eigenvalue weighted by molar-refractivity contribution is 6.08. The molecule has 0 aliphatic carbocycles. The normalized spacial score (nSPS) is 16.5. The Bertz CT molecular complexity index is 407. The van der Waals surface area contributed by atoms with Crippen LogP contribution in [0.4, 0.5) is 0 Å². The van der Waals surface area contributed by atoms with Crippen molar-refractivity contribution in [3.63, 3.8) is 0 Å². The third-order valence-corrected chi connectivity index (χ3v) is 2.64. The smallest absolute Gasteiger partial charge is 0.259 e. The van der Waals surface area contributed by atoms with Gasteiger partial charge in [-0.15, -0.1) is 0 Å². The minimum absolute atomic E-state index is 0.0723. The van der Waals surface area contributed by atoms with Gasteiger partial charge in [0.25, 0.3) is 5.91 Å². The summed E-state index contributed by atoms with van der Waals surface area (Å²) in [5.41, 5.74) is 1.96. The Balaban J connectivity index is 2.28. The maximum Gasteiger partial charge on any atom is 0.259 e. The first-order chi connectivity index (χ1) is 7.65. The fourth-order valence-electron chi connectivity index (χ4n) is 1.80. The number of benzene rings is 1. The summed E-state index contributed by atoms with van der Waals surface area (Å²) in [5.74, 6) is -0.173. The van der Waals surface area contributed by atoms with Crippen molar-refractivity contribution in [2.75, 3.05) is 13.2 Å². The van der Waals surface area contributed by atoms with E-state index in [1.54, 1.807) is 12.1 Å². The summed E-state index contributed by atoms with van der Waals surface area (Å²) in [5, 5.41) is 18.1. The molecule has 2 rings (SSSR count). The quantitative estimate of drug-likeness (QED) is 0.776. The van der Waals surface area contributed by atoms with Crippen LogP contribution >= 0.6 is 0 Å². The molecule has 4 nitrogen and oxygen atoms in total. The van der Waals surface area contributed by atoms with Crippen LogP contribution < -0.4 is 0 Å². The second-order valence-corrected chi connectivity index (χ2v) is 3.74. The van der Waals surface area contributed by atoms with E-state index in [2.05, 4.69) is 6.58 Å². The Hall–Kier alpha value is -1.65. The van der Waals surface area contributed by atoms with Gasteiger partial charge in [-0.3, -0.25) is 4.79 Å². The SMILES string of the molecule is C=C1c2ccccc2C(=O)N1CC(O)CO. The predicted molar refractivity (Wildman–Crippen MR) is 59.6 cm³/mol. The van der Waals surface area contributed by atoms with E-state index >= 15 is 0 Å². The van der Waals surface area contributed by atoms with E-state index in [1.807, 2.05) is 12.1 Å². The molecule has 2 N–H and O–H groups in total. The first-order valence-corrected chi connectivity index (χ1v) is 5.04. The number of β-amino-alcohol motifs (C(OH)–C–C–N with tert-alkyl or cyclic N) is 1. The van der Waals surface area contributed by atoms with Crippen molar-refractivity contribution in [1.29, 1.82) is 0 Å². The molecule has 0 saturated carbocycles. The largest absolute Gasteiger partial charge is 0.394 e. The van der Waals surface area contributed by atoms with Crippen LogP contribution in [0.2, 0.25) is 0 Å². The van der Waals surface area contributed by atoms with Crippen LogP contribution in [0.25, 0.3) is 5.70 Å². The first-order valence-electron chi connectivity index (χ1n) is 5.04. The minimum atomic E-state index is -0.935. The number of carbonyl (C=O) groups is 1. The third-order valence-electron chi connectivity index (χ3n) is 2.64. The van der Waals surface area contributed by atoms with Gasteiger partial charge in [-0.2, -0.15) is 0 Å². The zero-order valence-electron chi connectivity index (χ0n) is 8.76. The van der Waals surface area contributed by atoms with Crippen LogP contribution in [0.15, 0.2) is 30.8 Å². The highest BCUT2D eigenvalue weighted by atomic mass is 16.3. The molecule has 16 heavy (non-hydrogen) atoms. The Labute approximate surface area is 93.4 Å². The molecular formula is C12H13NO3. The monoisotopic (exact) mass is 219 g/mol. The molecule has 0 aromatic heterocycles. The molecule has 1 atom stereocenters. The first kappa shape index (κ1) is 10.9. The second-order valence-electron chi connectivity index (χ2n) is 3.74. The molecule has 1 unspecified atom stereocenters. The highest BCUT2D eigenvalue weighted by Gasteiger charge is 2.31. The summed E-state index contributed by atoms with van der Waals surface area (Å²) in [7, 11) is 0. The number of carbonyl (C=O) groups excluding carboxylic acids is 1. The van der Waals surface area contributed by atoms with E-state index in [4.69, 9.17) is 5.11 Å². The number of aliphatic hydroxyl groups is 2. The highest BCUT2D eigenvalue weighted by Crippen LogP contribution is 2.30. The van der Waals surface area contributed by atoms with Gasteiger partial charge < -0.3 is 15.1 Å². The zero-order valence-corrected chi connectivity index (χ0v) is 8.76. The van der Waals surface area contributed by atoms with Gasteiger partial charge in [-0.1, -0.05) is 24.8 Å². The minimum Gasteiger partial charge on any atom is -0.394 e. The second kappa shape index (κ2) is 4.08. The maximum absolute atomic E-state index is 11.9. The van der Waals surface area contributed by atoms with Crippen LogP contribution in [0.3, 0.4) is 0 Å². The van der Waals surface area contributed by atoms with Gasteiger partial charge in [0, 0.05) is 16.8 Å². The van der Waals surface area contributed by atoms with E-state index < -0.39 is 6.10 Å². The molecule has 0 radical (unpaired) electrons. The van der Waals surface area contributed by atoms with Crippen molar-refractivity contribution in [3.05, 3.63) is 42.0 Å². The summed E-state index contributed by atoms with van der Waals surface area (Å²) in [6.07, 6.45) is -0.935. The van der Waals surface area contributed by atoms with Crippen molar-refractivity contribution in [2.45, 2.75) is 6.10 Å². The number of amides is 1. The van der Waals surface area contributed by atoms with E-state index in [9.17, 15) is 9.90 Å². The molecule has 0 saturated heterocycles. The molecule has 1 aliphatic rings. The molecule has 1 aromatic carbocycles. The Morgan fingerprint density at radius 1 is 1.31 bits per heavy atom. The third kappa shape index (κ3) is 1.62. The molecule has 0 spiro atoms. The summed E-state index contributed by atoms with van der Waals surface area (Å²) >= 11 is 0.